The molecule has 0 heterocycles. The average molecular weight is 234 g/mol. The van der Waals surface area contributed by atoms with Crippen molar-refractivity contribution in [1.29, 1.82) is 0 Å². The topological polar surface area (TPSA) is 26.0 Å². The Morgan fingerprint density at radius 3 is 2.56 bits per heavy atom. The molecular formula is C7H17NSn. The van der Waals surface area contributed by atoms with Crippen LogP contribution in [0.15, 0.2) is 0 Å². The Hall–Kier alpha value is 0.759. The van der Waals surface area contributed by atoms with Gasteiger partial charge in [-0.3, -0.25) is 0 Å². The molecule has 0 aromatic carbocycles. The van der Waals surface area contributed by atoms with Crippen molar-refractivity contribution in [2.24, 2.45) is 5.73 Å². The maximum atomic E-state index is 5.42. The molecule has 2 heteroatoms. The Balaban J connectivity index is 2.60. The Morgan fingerprint density at radius 2 is 2.00 bits per heavy atom. The van der Waals surface area contributed by atoms with Crippen LogP contribution in [0.4, 0.5) is 0 Å². The zero-order valence-corrected chi connectivity index (χ0v) is 9.17. The van der Waals surface area contributed by atoms with E-state index in [1.165, 1.54) is 30.1 Å². The molecule has 0 saturated carbocycles. The number of rotatable bonds is 6. The van der Waals surface area contributed by atoms with Crippen LogP contribution in [0, 0.1) is 0 Å². The van der Waals surface area contributed by atoms with Crippen molar-refractivity contribution in [3.8, 4) is 0 Å². The van der Waals surface area contributed by atoms with Gasteiger partial charge in [-0.05, 0) is 0 Å². The molecular weight excluding hydrogens is 217 g/mol. The van der Waals surface area contributed by atoms with Crippen LogP contribution in [0.5, 0.6) is 0 Å². The van der Waals surface area contributed by atoms with Gasteiger partial charge in [0, 0.05) is 0 Å². The maximum absolute atomic E-state index is 5.42. The Bertz CT molecular complexity index is 42.2. The minimum absolute atomic E-state index is 0.0616. The van der Waals surface area contributed by atoms with Crippen LogP contribution in [0.3, 0.4) is 0 Å². The average Bonchev–Trinajstić information content (AvgIpc) is 1.89. The molecule has 0 bridgehead atoms. The van der Waals surface area contributed by atoms with Crippen LogP contribution < -0.4 is 5.73 Å². The summed E-state index contributed by atoms with van der Waals surface area (Å²) in [5, 5.41) is 0. The van der Waals surface area contributed by atoms with Gasteiger partial charge in [-0.25, -0.2) is 0 Å². The van der Waals surface area contributed by atoms with Crippen LogP contribution in [-0.2, 0) is 0 Å². The standard InChI is InChI=1S/C6H13.CH4N.Sn/c1-3-5-6-4-2;1-2;/h1,3-6H2,2H3;1-2H2;. The molecule has 2 radical (unpaired) electrons. The first-order chi connectivity index (χ1) is 4.41. The summed E-state index contributed by atoms with van der Waals surface area (Å²) >= 11 is -0.0616. The van der Waals surface area contributed by atoms with E-state index >= 15 is 0 Å². The summed E-state index contributed by atoms with van der Waals surface area (Å²) in [4.78, 5) is 0. The van der Waals surface area contributed by atoms with E-state index in [0.29, 0.717) is 0 Å². The van der Waals surface area contributed by atoms with Gasteiger partial charge in [0.2, 0.25) is 0 Å². The molecule has 0 rings (SSSR count). The summed E-state index contributed by atoms with van der Waals surface area (Å²) in [6, 6.07) is 0. The van der Waals surface area contributed by atoms with Crippen LogP contribution in [0.25, 0.3) is 0 Å². The Labute approximate surface area is 68.6 Å². The quantitative estimate of drug-likeness (QED) is 0.548. The van der Waals surface area contributed by atoms with Crippen molar-refractivity contribution in [2.75, 3.05) is 4.56 Å². The second-order valence-corrected chi connectivity index (χ2v) is 6.28. The van der Waals surface area contributed by atoms with E-state index in [1.54, 1.807) is 0 Å². The normalized spacial score (nSPS) is 10.0. The van der Waals surface area contributed by atoms with Crippen molar-refractivity contribution in [2.45, 2.75) is 37.0 Å². The number of hydrogen-bond acceptors (Lipinski definition) is 1. The van der Waals surface area contributed by atoms with Crippen molar-refractivity contribution in [1.82, 2.24) is 0 Å². The third kappa shape index (κ3) is 8.76. The van der Waals surface area contributed by atoms with Gasteiger partial charge >= 0.3 is 68.5 Å². The summed E-state index contributed by atoms with van der Waals surface area (Å²) < 4.78 is 2.54. The van der Waals surface area contributed by atoms with E-state index in [2.05, 4.69) is 6.92 Å². The second-order valence-electron chi connectivity index (χ2n) is 2.26. The predicted octanol–water partition coefficient (Wildman–Crippen LogP) is 1.61. The summed E-state index contributed by atoms with van der Waals surface area (Å²) in [5.41, 5.74) is 5.42. The van der Waals surface area contributed by atoms with Crippen LogP contribution in [0.2, 0.25) is 4.44 Å². The molecule has 0 aliphatic heterocycles. The predicted molar refractivity (Wildman–Crippen MR) is 43.8 cm³/mol. The Kier molecular flexibility index (Phi) is 9.50. The molecule has 0 aromatic rings. The van der Waals surface area contributed by atoms with Gasteiger partial charge in [0.15, 0.2) is 0 Å². The third-order valence-corrected chi connectivity index (χ3v) is 4.19. The Morgan fingerprint density at radius 1 is 1.22 bits per heavy atom. The van der Waals surface area contributed by atoms with Crippen molar-refractivity contribution in [3.63, 3.8) is 0 Å². The zero-order chi connectivity index (χ0) is 6.95. The first-order valence-corrected chi connectivity index (χ1v) is 7.86. The van der Waals surface area contributed by atoms with Gasteiger partial charge < -0.3 is 0 Å². The number of hydrogen-bond donors (Lipinski definition) is 1. The van der Waals surface area contributed by atoms with Gasteiger partial charge in [0.25, 0.3) is 0 Å². The molecule has 54 valence electrons. The molecule has 0 spiro atoms. The van der Waals surface area contributed by atoms with E-state index in [9.17, 15) is 0 Å². The fraction of sp³-hybridized carbons (Fsp3) is 1.00. The van der Waals surface area contributed by atoms with Crippen LogP contribution in [0.1, 0.15) is 32.6 Å². The van der Waals surface area contributed by atoms with Crippen LogP contribution in [-0.4, -0.2) is 25.7 Å². The monoisotopic (exact) mass is 235 g/mol. The molecule has 0 aliphatic carbocycles. The molecule has 0 aromatic heterocycles. The summed E-state index contributed by atoms with van der Waals surface area (Å²) in [6.07, 6.45) is 5.67. The third-order valence-electron chi connectivity index (χ3n) is 1.35. The summed E-state index contributed by atoms with van der Waals surface area (Å²) in [6.45, 7) is 2.25. The molecule has 0 unspecified atom stereocenters. The molecule has 0 saturated heterocycles. The van der Waals surface area contributed by atoms with Crippen LogP contribution >= 0.6 is 0 Å². The van der Waals surface area contributed by atoms with Crippen molar-refractivity contribution >= 4 is 21.1 Å². The number of unbranched alkanes of at least 4 members (excludes halogenated alkanes) is 3. The molecule has 0 amide bonds. The SMILES string of the molecule is CCCCC[CH2][Sn][CH2]N. The summed E-state index contributed by atoms with van der Waals surface area (Å²) in [7, 11) is 0. The van der Waals surface area contributed by atoms with Gasteiger partial charge in [-0.1, -0.05) is 0 Å². The van der Waals surface area contributed by atoms with Crippen molar-refractivity contribution in [3.05, 3.63) is 0 Å². The second kappa shape index (κ2) is 8.76. The van der Waals surface area contributed by atoms with Gasteiger partial charge in [0.05, 0.1) is 0 Å². The molecule has 0 atom stereocenters. The van der Waals surface area contributed by atoms with Gasteiger partial charge in [-0.15, -0.1) is 0 Å². The molecule has 0 aliphatic rings. The minimum atomic E-state index is -0.0616. The van der Waals surface area contributed by atoms with Gasteiger partial charge in [-0.2, -0.15) is 0 Å². The molecule has 9 heavy (non-hydrogen) atoms. The summed E-state index contributed by atoms with van der Waals surface area (Å²) in [5.74, 6) is 0. The van der Waals surface area contributed by atoms with E-state index in [-0.39, 0.29) is 21.1 Å². The molecule has 0 fully saturated rings. The van der Waals surface area contributed by atoms with Crippen molar-refractivity contribution < 1.29 is 0 Å². The number of nitrogens with two attached hydrogens (primary N) is 1. The van der Waals surface area contributed by atoms with E-state index in [0.717, 1.165) is 4.56 Å². The fourth-order valence-corrected chi connectivity index (χ4v) is 2.79. The zero-order valence-electron chi connectivity index (χ0n) is 6.32. The molecule has 1 nitrogen and oxygen atoms in total. The first kappa shape index (κ1) is 9.76. The van der Waals surface area contributed by atoms with Gasteiger partial charge in [0.1, 0.15) is 0 Å². The van der Waals surface area contributed by atoms with E-state index < -0.39 is 0 Å². The molecule has 2 N–H and O–H groups in total. The van der Waals surface area contributed by atoms with E-state index in [1.807, 2.05) is 0 Å². The first-order valence-electron chi connectivity index (χ1n) is 3.82. The fourth-order valence-electron chi connectivity index (χ4n) is 0.779. The van der Waals surface area contributed by atoms with E-state index in [4.69, 9.17) is 5.73 Å².